The Kier molecular flexibility index (Phi) is 6.86. The van der Waals surface area contributed by atoms with E-state index in [0.717, 1.165) is 23.3 Å². The summed E-state index contributed by atoms with van der Waals surface area (Å²) in [6.07, 6.45) is 1.37. The van der Waals surface area contributed by atoms with E-state index in [-0.39, 0.29) is 12.2 Å². The van der Waals surface area contributed by atoms with Crippen molar-refractivity contribution in [2.45, 2.75) is 26.7 Å². The Morgan fingerprint density at radius 2 is 1.94 bits per heavy atom. The molecule has 2 aromatic carbocycles. The highest BCUT2D eigenvalue weighted by Gasteiger charge is 2.23. The molecular formula is C24H21ClF2N4O3S. The lowest BCUT2D eigenvalue weighted by atomic mass is 10.0. The Morgan fingerprint density at radius 1 is 1.17 bits per heavy atom. The van der Waals surface area contributed by atoms with Crippen molar-refractivity contribution < 1.29 is 22.0 Å². The summed E-state index contributed by atoms with van der Waals surface area (Å²) in [7, 11) is -3.82. The number of ketones is 1. The minimum Gasteiger partial charge on any atom is -0.337 e. The molecule has 2 N–H and O–H groups in total. The number of fused-ring (bicyclic) bond motifs is 1. The second-order valence-electron chi connectivity index (χ2n) is 8.07. The zero-order chi connectivity index (χ0) is 25.3. The lowest BCUT2D eigenvalue weighted by Gasteiger charge is -2.11. The summed E-state index contributed by atoms with van der Waals surface area (Å²) in [6, 6.07) is 8.88. The van der Waals surface area contributed by atoms with Gasteiger partial charge in [0.15, 0.2) is 17.2 Å². The lowest BCUT2D eigenvalue weighted by Crippen LogP contribution is -2.19. The fourth-order valence-electron chi connectivity index (χ4n) is 3.62. The first-order valence-electron chi connectivity index (χ1n) is 10.7. The third-order valence-electron chi connectivity index (χ3n) is 5.30. The number of carbonyl (C=O) groups excluding carboxylic acids is 1. The van der Waals surface area contributed by atoms with Gasteiger partial charge in [-0.2, -0.15) is 0 Å². The van der Waals surface area contributed by atoms with Crippen molar-refractivity contribution in [2.75, 3.05) is 10.5 Å². The Bertz CT molecular complexity index is 1550. The highest BCUT2D eigenvalue weighted by molar-refractivity contribution is 7.92. The van der Waals surface area contributed by atoms with E-state index < -0.39 is 38.7 Å². The number of hydrogen-bond acceptors (Lipinski definition) is 5. The maximum atomic E-state index is 14.9. The number of rotatable bonds is 8. The van der Waals surface area contributed by atoms with Gasteiger partial charge in [-0.25, -0.2) is 27.2 Å². The zero-order valence-electron chi connectivity index (χ0n) is 18.8. The summed E-state index contributed by atoms with van der Waals surface area (Å²) in [5.41, 5.74) is 1.74. The van der Waals surface area contributed by atoms with E-state index in [2.05, 4.69) is 19.7 Å². The standard InChI is InChI=1S/C24H21ClF2N4O3S/c1-3-8-35(33,34)31-18-7-6-17(26)21(22(18)27)20(32)11-14-10-19-24(28-12-14)30-23(29-19)15-4-5-16(25)13(2)9-15/h4-7,9-10,12,31H,3,8,11H2,1-2H3,(H,28,29,30). The number of pyridine rings is 1. The number of aromatic nitrogens is 3. The van der Waals surface area contributed by atoms with Crippen molar-refractivity contribution in [1.29, 1.82) is 0 Å². The van der Waals surface area contributed by atoms with Crippen LogP contribution in [0.5, 0.6) is 0 Å². The van der Waals surface area contributed by atoms with Gasteiger partial charge in [0, 0.05) is 23.2 Å². The number of H-pyrrole nitrogens is 1. The number of carbonyl (C=O) groups is 1. The van der Waals surface area contributed by atoms with Gasteiger partial charge in [-0.15, -0.1) is 0 Å². The van der Waals surface area contributed by atoms with Crippen LogP contribution in [0.2, 0.25) is 5.02 Å². The van der Waals surface area contributed by atoms with Gasteiger partial charge in [-0.3, -0.25) is 9.52 Å². The zero-order valence-corrected chi connectivity index (χ0v) is 20.4. The first-order valence-corrected chi connectivity index (χ1v) is 12.7. The Hall–Kier alpha value is -3.37. The third-order valence-corrected chi connectivity index (χ3v) is 7.20. The molecule has 2 heterocycles. The van der Waals surface area contributed by atoms with E-state index in [1.165, 1.54) is 6.20 Å². The highest BCUT2D eigenvalue weighted by atomic mass is 35.5. The molecule has 0 spiro atoms. The number of aryl methyl sites for hydroxylation is 1. The molecule has 0 radical (unpaired) electrons. The van der Waals surface area contributed by atoms with Crippen molar-refractivity contribution in [2.24, 2.45) is 0 Å². The van der Waals surface area contributed by atoms with Crippen molar-refractivity contribution in [3.05, 3.63) is 75.9 Å². The molecule has 0 saturated carbocycles. The number of halogens is 3. The van der Waals surface area contributed by atoms with Crippen molar-refractivity contribution in [3.63, 3.8) is 0 Å². The van der Waals surface area contributed by atoms with Crippen LogP contribution >= 0.6 is 11.6 Å². The number of imidazole rings is 1. The SMILES string of the molecule is CCCS(=O)(=O)Nc1ccc(F)c(C(=O)Cc2cnc3nc(-c4ccc(Cl)c(C)c4)[nH]c3c2)c1F. The van der Waals surface area contributed by atoms with Gasteiger partial charge in [-0.1, -0.05) is 18.5 Å². The van der Waals surface area contributed by atoms with Gasteiger partial charge < -0.3 is 4.98 Å². The number of hydrogen-bond donors (Lipinski definition) is 2. The van der Waals surface area contributed by atoms with E-state index in [0.29, 0.717) is 34.0 Å². The van der Waals surface area contributed by atoms with Crippen LogP contribution in [0.1, 0.15) is 34.8 Å². The van der Waals surface area contributed by atoms with Crippen LogP contribution in [0, 0.1) is 18.6 Å². The number of anilines is 1. The van der Waals surface area contributed by atoms with Crippen LogP contribution in [0.4, 0.5) is 14.5 Å². The summed E-state index contributed by atoms with van der Waals surface area (Å²) in [5, 5.41) is 0.630. The van der Waals surface area contributed by atoms with Crippen LogP contribution in [0.3, 0.4) is 0 Å². The predicted molar refractivity (Wildman–Crippen MR) is 131 cm³/mol. The molecule has 0 fully saturated rings. The van der Waals surface area contributed by atoms with Crippen LogP contribution in [0.15, 0.2) is 42.6 Å². The van der Waals surface area contributed by atoms with Gasteiger partial charge in [0.1, 0.15) is 11.6 Å². The maximum absolute atomic E-state index is 14.9. The molecule has 35 heavy (non-hydrogen) atoms. The van der Waals surface area contributed by atoms with Gasteiger partial charge >= 0.3 is 0 Å². The Morgan fingerprint density at radius 3 is 2.66 bits per heavy atom. The topological polar surface area (TPSA) is 105 Å². The molecular weight excluding hydrogens is 498 g/mol. The molecule has 0 aliphatic rings. The number of nitrogens with zero attached hydrogens (tertiary/aromatic N) is 2. The second-order valence-corrected chi connectivity index (χ2v) is 10.3. The minimum atomic E-state index is -3.82. The van der Waals surface area contributed by atoms with Gasteiger partial charge in [-0.05, 0) is 60.9 Å². The average Bonchev–Trinajstić information content (AvgIpc) is 3.21. The Labute approximate surface area is 205 Å². The summed E-state index contributed by atoms with van der Waals surface area (Å²) >= 11 is 6.08. The largest absolute Gasteiger partial charge is 0.337 e. The molecule has 0 atom stereocenters. The molecule has 0 bridgehead atoms. The second kappa shape index (κ2) is 9.71. The fraction of sp³-hybridized carbons (Fsp3) is 0.208. The monoisotopic (exact) mass is 518 g/mol. The molecule has 0 saturated heterocycles. The summed E-state index contributed by atoms with van der Waals surface area (Å²) in [5.74, 6) is -2.88. The normalized spacial score (nSPS) is 11.7. The van der Waals surface area contributed by atoms with Gasteiger partial charge in [0.2, 0.25) is 10.0 Å². The van der Waals surface area contributed by atoms with E-state index >= 15 is 0 Å². The quantitative estimate of drug-likeness (QED) is 0.302. The van der Waals surface area contributed by atoms with E-state index in [1.54, 1.807) is 19.1 Å². The van der Waals surface area contributed by atoms with E-state index in [1.807, 2.05) is 19.1 Å². The smallest absolute Gasteiger partial charge is 0.232 e. The van der Waals surface area contributed by atoms with Gasteiger partial charge in [0.05, 0.1) is 22.5 Å². The van der Waals surface area contributed by atoms with Crippen LogP contribution in [-0.2, 0) is 16.4 Å². The molecule has 2 aromatic heterocycles. The molecule has 0 aliphatic heterocycles. The number of Topliss-reactive ketones (excluding diaryl/α,β-unsaturated/α-hetero) is 1. The molecule has 4 aromatic rings. The van der Waals surface area contributed by atoms with E-state index in [9.17, 15) is 22.0 Å². The summed E-state index contributed by atoms with van der Waals surface area (Å²) in [6.45, 7) is 3.53. The number of benzene rings is 2. The molecule has 0 aliphatic carbocycles. The van der Waals surface area contributed by atoms with Crippen LogP contribution < -0.4 is 4.72 Å². The fourth-order valence-corrected chi connectivity index (χ4v) is 4.87. The highest BCUT2D eigenvalue weighted by Crippen LogP contribution is 2.26. The first kappa shape index (κ1) is 24.7. The van der Waals surface area contributed by atoms with E-state index in [4.69, 9.17) is 11.6 Å². The van der Waals surface area contributed by atoms with Crippen LogP contribution in [0.25, 0.3) is 22.6 Å². The van der Waals surface area contributed by atoms with Crippen molar-refractivity contribution in [1.82, 2.24) is 15.0 Å². The maximum Gasteiger partial charge on any atom is 0.232 e. The molecule has 4 rings (SSSR count). The molecule has 11 heteroatoms. The first-order chi connectivity index (χ1) is 16.6. The minimum absolute atomic E-state index is 0.236. The average molecular weight is 519 g/mol. The summed E-state index contributed by atoms with van der Waals surface area (Å²) < 4.78 is 55.4. The van der Waals surface area contributed by atoms with Gasteiger partial charge in [0.25, 0.3) is 0 Å². The summed E-state index contributed by atoms with van der Waals surface area (Å²) in [4.78, 5) is 24.6. The number of aromatic amines is 1. The predicted octanol–water partition coefficient (Wildman–Crippen LogP) is 5.44. The molecule has 7 nitrogen and oxygen atoms in total. The molecule has 182 valence electrons. The molecule has 0 unspecified atom stereocenters. The van der Waals surface area contributed by atoms with Crippen LogP contribution in [-0.4, -0.2) is 34.9 Å². The van der Waals surface area contributed by atoms with Crippen molar-refractivity contribution >= 4 is 44.3 Å². The van der Waals surface area contributed by atoms with Crippen molar-refractivity contribution in [3.8, 4) is 11.4 Å². The molecule has 0 amide bonds. The number of sulfonamides is 1. The number of nitrogens with one attached hydrogen (secondary N) is 2. The Balaban J connectivity index is 1.61. The third kappa shape index (κ3) is 5.33. The lowest BCUT2D eigenvalue weighted by molar-refractivity contribution is 0.0985.